The van der Waals surface area contributed by atoms with Crippen LogP contribution in [0.3, 0.4) is 0 Å². The summed E-state index contributed by atoms with van der Waals surface area (Å²) in [6.07, 6.45) is 0.543. The number of pyridine rings is 1. The smallest absolute Gasteiger partial charge is 0.122 e. The normalized spacial score (nSPS) is 10.7. The number of nitriles is 1. The van der Waals surface area contributed by atoms with Crippen LogP contribution in [-0.4, -0.2) is 29.6 Å². The molecule has 0 aliphatic heterocycles. The van der Waals surface area contributed by atoms with E-state index in [1.807, 2.05) is 19.1 Å². The Morgan fingerprint density at radius 3 is 2.72 bits per heavy atom. The Hall–Kier alpha value is -1.60. The second-order valence-corrected chi connectivity index (χ2v) is 4.61. The third-order valence-electron chi connectivity index (χ3n) is 2.82. The molecule has 0 radical (unpaired) electrons. The average Bonchev–Trinajstić information content (AvgIpc) is 2.33. The summed E-state index contributed by atoms with van der Waals surface area (Å²) in [5.41, 5.74) is 1.94. The number of hydrogen-bond donors (Lipinski definition) is 0. The predicted molar refractivity (Wildman–Crippen MR) is 71.3 cm³/mol. The maximum atomic E-state index is 8.68. The molecule has 0 spiro atoms. The number of nitrogens with zero attached hydrogens (tertiary/aromatic N) is 3. The van der Waals surface area contributed by atoms with Crippen molar-refractivity contribution in [2.45, 2.75) is 39.8 Å². The van der Waals surface area contributed by atoms with Crippen LogP contribution in [0.4, 0.5) is 0 Å². The SMILES string of the molecule is COc1cc(C)nc(CN(CCC#N)C(C)C)c1. The molecule has 0 saturated heterocycles. The molecule has 0 aliphatic carbocycles. The second kappa shape index (κ2) is 6.97. The van der Waals surface area contributed by atoms with Gasteiger partial charge < -0.3 is 4.74 Å². The molecule has 0 amide bonds. The van der Waals surface area contributed by atoms with Crippen LogP contribution in [-0.2, 0) is 6.54 Å². The summed E-state index contributed by atoms with van der Waals surface area (Å²) in [7, 11) is 1.66. The van der Waals surface area contributed by atoms with Crippen molar-refractivity contribution < 1.29 is 4.74 Å². The van der Waals surface area contributed by atoms with Gasteiger partial charge in [0.25, 0.3) is 0 Å². The largest absolute Gasteiger partial charge is 0.497 e. The Labute approximate surface area is 109 Å². The van der Waals surface area contributed by atoms with Gasteiger partial charge in [0, 0.05) is 43.4 Å². The summed E-state index contributed by atoms with van der Waals surface area (Å²) < 4.78 is 5.25. The van der Waals surface area contributed by atoms with E-state index in [-0.39, 0.29) is 0 Å². The monoisotopic (exact) mass is 247 g/mol. The molecule has 0 N–H and O–H groups in total. The molecular weight excluding hydrogens is 226 g/mol. The van der Waals surface area contributed by atoms with E-state index < -0.39 is 0 Å². The van der Waals surface area contributed by atoms with Gasteiger partial charge in [-0.15, -0.1) is 0 Å². The highest BCUT2D eigenvalue weighted by Crippen LogP contribution is 2.15. The highest BCUT2D eigenvalue weighted by Gasteiger charge is 2.11. The standard InChI is InChI=1S/C14H21N3O/c1-11(2)17(7-5-6-15)10-13-9-14(18-4)8-12(3)16-13/h8-9,11H,5,7,10H2,1-4H3. The van der Waals surface area contributed by atoms with Crippen LogP contribution in [0.25, 0.3) is 0 Å². The topological polar surface area (TPSA) is 49.1 Å². The molecule has 0 bridgehead atoms. The van der Waals surface area contributed by atoms with Crippen LogP contribution in [0.15, 0.2) is 12.1 Å². The molecule has 0 saturated carbocycles. The first kappa shape index (κ1) is 14.5. The highest BCUT2D eigenvalue weighted by atomic mass is 16.5. The van der Waals surface area contributed by atoms with Crippen LogP contribution in [0, 0.1) is 18.3 Å². The molecule has 1 aromatic rings. The number of rotatable bonds is 6. The molecule has 4 nitrogen and oxygen atoms in total. The number of ether oxygens (including phenoxy) is 1. The molecule has 1 aromatic heterocycles. The molecule has 98 valence electrons. The number of aryl methyl sites for hydroxylation is 1. The fraction of sp³-hybridized carbons (Fsp3) is 0.571. The molecule has 1 rings (SSSR count). The summed E-state index contributed by atoms with van der Waals surface area (Å²) in [5.74, 6) is 0.835. The lowest BCUT2D eigenvalue weighted by molar-refractivity contribution is 0.215. The lowest BCUT2D eigenvalue weighted by atomic mass is 10.2. The Kier molecular flexibility index (Phi) is 5.60. The van der Waals surface area contributed by atoms with Gasteiger partial charge in [-0.05, 0) is 20.8 Å². The van der Waals surface area contributed by atoms with Gasteiger partial charge in [0.2, 0.25) is 0 Å². The molecule has 0 unspecified atom stereocenters. The van der Waals surface area contributed by atoms with Crippen LogP contribution >= 0.6 is 0 Å². The van der Waals surface area contributed by atoms with E-state index in [9.17, 15) is 0 Å². The minimum Gasteiger partial charge on any atom is -0.497 e. The Bertz CT molecular complexity index is 424. The van der Waals surface area contributed by atoms with E-state index >= 15 is 0 Å². The van der Waals surface area contributed by atoms with Gasteiger partial charge in [-0.2, -0.15) is 5.26 Å². The molecule has 18 heavy (non-hydrogen) atoms. The van der Waals surface area contributed by atoms with E-state index in [4.69, 9.17) is 10.00 Å². The predicted octanol–water partition coefficient (Wildman–Crippen LogP) is 2.52. The van der Waals surface area contributed by atoms with E-state index in [1.54, 1.807) is 7.11 Å². The molecular formula is C14H21N3O. The van der Waals surface area contributed by atoms with Gasteiger partial charge in [-0.3, -0.25) is 9.88 Å². The third kappa shape index (κ3) is 4.34. The summed E-state index contributed by atoms with van der Waals surface area (Å²) >= 11 is 0. The second-order valence-electron chi connectivity index (χ2n) is 4.61. The Balaban J connectivity index is 2.80. The van der Waals surface area contributed by atoms with E-state index in [0.717, 1.165) is 30.2 Å². The van der Waals surface area contributed by atoms with Gasteiger partial charge in [0.1, 0.15) is 5.75 Å². The van der Waals surface area contributed by atoms with Gasteiger partial charge in [-0.25, -0.2) is 0 Å². The van der Waals surface area contributed by atoms with E-state index in [0.29, 0.717) is 12.5 Å². The Morgan fingerprint density at radius 1 is 1.44 bits per heavy atom. The minimum absolute atomic E-state index is 0.395. The molecule has 0 fully saturated rings. The maximum Gasteiger partial charge on any atom is 0.122 e. The lowest BCUT2D eigenvalue weighted by Crippen LogP contribution is -2.31. The van der Waals surface area contributed by atoms with Crippen LogP contribution < -0.4 is 4.74 Å². The van der Waals surface area contributed by atoms with E-state index in [2.05, 4.69) is 29.8 Å². The lowest BCUT2D eigenvalue weighted by Gasteiger charge is -2.25. The number of hydrogen-bond acceptors (Lipinski definition) is 4. The van der Waals surface area contributed by atoms with Gasteiger partial charge >= 0.3 is 0 Å². The zero-order valence-corrected chi connectivity index (χ0v) is 11.6. The molecule has 0 aromatic carbocycles. The summed E-state index contributed by atoms with van der Waals surface area (Å²) in [5, 5.41) is 8.68. The zero-order chi connectivity index (χ0) is 13.5. The minimum atomic E-state index is 0.395. The van der Waals surface area contributed by atoms with Gasteiger partial charge in [0.15, 0.2) is 0 Å². The third-order valence-corrected chi connectivity index (χ3v) is 2.82. The highest BCUT2D eigenvalue weighted by molar-refractivity contribution is 5.26. The van der Waals surface area contributed by atoms with Crippen molar-refractivity contribution in [2.24, 2.45) is 0 Å². The van der Waals surface area contributed by atoms with Crippen molar-refractivity contribution in [3.8, 4) is 11.8 Å². The Morgan fingerprint density at radius 2 is 2.17 bits per heavy atom. The molecule has 0 atom stereocenters. The van der Waals surface area contributed by atoms with Crippen LogP contribution in [0.5, 0.6) is 5.75 Å². The number of methoxy groups -OCH3 is 1. The molecule has 4 heteroatoms. The van der Waals surface area contributed by atoms with Crippen molar-refractivity contribution in [1.29, 1.82) is 5.26 Å². The van der Waals surface area contributed by atoms with Gasteiger partial charge in [0.05, 0.1) is 18.9 Å². The van der Waals surface area contributed by atoms with Crippen molar-refractivity contribution in [2.75, 3.05) is 13.7 Å². The van der Waals surface area contributed by atoms with Crippen molar-refractivity contribution >= 4 is 0 Å². The van der Waals surface area contributed by atoms with Crippen LogP contribution in [0.1, 0.15) is 31.7 Å². The first-order valence-electron chi connectivity index (χ1n) is 6.19. The maximum absolute atomic E-state index is 8.68. The quantitative estimate of drug-likeness (QED) is 0.775. The van der Waals surface area contributed by atoms with Gasteiger partial charge in [-0.1, -0.05) is 0 Å². The summed E-state index contributed by atoms with van der Waals surface area (Å²) in [6, 6.07) is 6.45. The molecule has 1 heterocycles. The molecule has 0 aliphatic rings. The first-order valence-corrected chi connectivity index (χ1v) is 6.19. The fourth-order valence-electron chi connectivity index (χ4n) is 1.82. The van der Waals surface area contributed by atoms with Crippen molar-refractivity contribution in [3.63, 3.8) is 0 Å². The van der Waals surface area contributed by atoms with Crippen molar-refractivity contribution in [3.05, 3.63) is 23.5 Å². The fourth-order valence-corrected chi connectivity index (χ4v) is 1.82. The summed E-state index contributed by atoms with van der Waals surface area (Å²) in [4.78, 5) is 6.75. The number of aromatic nitrogens is 1. The van der Waals surface area contributed by atoms with E-state index in [1.165, 1.54) is 0 Å². The summed E-state index contributed by atoms with van der Waals surface area (Å²) in [6.45, 7) is 7.74. The average molecular weight is 247 g/mol. The van der Waals surface area contributed by atoms with Crippen molar-refractivity contribution in [1.82, 2.24) is 9.88 Å². The first-order chi connectivity index (χ1) is 8.56. The zero-order valence-electron chi connectivity index (χ0n) is 11.6. The van der Waals surface area contributed by atoms with Crippen LogP contribution in [0.2, 0.25) is 0 Å².